The zero-order chi connectivity index (χ0) is 19.4. The molecule has 2 N–H and O–H groups in total. The van der Waals surface area contributed by atoms with Crippen molar-refractivity contribution in [1.82, 2.24) is 19.8 Å². The van der Waals surface area contributed by atoms with E-state index in [0.29, 0.717) is 39.0 Å². The van der Waals surface area contributed by atoms with E-state index in [2.05, 4.69) is 10.0 Å². The molecular formula is C17H20N6O3S. The van der Waals surface area contributed by atoms with Crippen molar-refractivity contribution in [1.29, 1.82) is 10.5 Å². The maximum absolute atomic E-state index is 12.6. The monoisotopic (exact) mass is 388 g/mol. The van der Waals surface area contributed by atoms with Crippen LogP contribution in [0, 0.1) is 22.9 Å². The fourth-order valence-electron chi connectivity index (χ4n) is 3.28. The van der Waals surface area contributed by atoms with Gasteiger partial charge in [-0.15, -0.1) is 0 Å². The number of sulfonamides is 1. The third kappa shape index (κ3) is 4.48. The van der Waals surface area contributed by atoms with Crippen molar-refractivity contribution in [2.75, 3.05) is 26.2 Å². The number of rotatable bonds is 5. The van der Waals surface area contributed by atoms with Crippen LogP contribution in [0.1, 0.15) is 23.2 Å². The Bertz CT molecular complexity index is 904. The Morgan fingerprint density at radius 2 is 1.70 bits per heavy atom. The van der Waals surface area contributed by atoms with Gasteiger partial charge in [0.1, 0.15) is 0 Å². The van der Waals surface area contributed by atoms with E-state index < -0.39 is 10.0 Å². The summed E-state index contributed by atoms with van der Waals surface area (Å²) in [5.41, 5.74) is 0.248. The molecular weight excluding hydrogens is 368 g/mol. The van der Waals surface area contributed by atoms with Gasteiger partial charge in [0.05, 0.1) is 4.90 Å². The van der Waals surface area contributed by atoms with Gasteiger partial charge in [0.15, 0.2) is 12.4 Å². The van der Waals surface area contributed by atoms with E-state index in [-0.39, 0.29) is 28.4 Å². The Morgan fingerprint density at radius 3 is 2.33 bits per heavy atom. The van der Waals surface area contributed by atoms with Crippen molar-refractivity contribution in [3.05, 3.63) is 29.8 Å². The van der Waals surface area contributed by atoms with Crippen LogP contribution < -0.4 is 10.0 Å². The minimum absolute atomic E-state index is 0.00984. The number of likely N-dealkylation sites (tertiary alicyclic amines) is 2. The van der Waals surface area contributed by atoms with Crippen LogP contribution in [0.4, 0.5) is 0 Å². The normalized spacial score (nSPS) is 22.3. The number of hydrogen-bond donors (Lipinski definition) is 2. The molecule has 0 spiro atoms. The molecule has 2 fully saturated rings. The van der Waals surface area contributed by atoms with E-state index in [1.54, 1.807) is 11.0 Å². The SMILES string of the molecule is N#CN1CC[C@@H](NC(=O)c2cccc(S(=O)(=O)N[C@@H]3CCN(C#N)C3)c2)C1. The maximum atomic E-state index is 12.6. The molecule has 10 heteroatoms. The molecule has 1 amide bonds. The lowest BCUT2D eigenvalue weighted by Gasteiger charge is -2.15. The molecule has 0 aliphatic carbocycles. The topological polar surface area (TPSA) is 129 Å². The van der Waals surface area contributed by atoms with Crippen molar-refractivity contribution in [2.24, 2.45) is 0 Å². The van der Waals surface area contributed by atoms with Gasteiger partial charge in [0.2, 0.25) is 10.0 Å². The van der Waals surface area contributed by atoms with Gasteiger partial charge < -0.3 is 15.1 Å². The predicted octanol–water partition coefficient (Wildman–Crippen LogP) is -0.195. The van der Waals surface area contributed by atoms with Crippen LogP contribution >= 0.6 is 0 Å². The number of hydrogen-bond acceptors (Lipinski definition) is 7. The highest BCUT2D eigenvalue weighted by Gasteiger charge is 2.28. The summed E-state index contributed by atoms with van der Waals surface area (Å²) >= 11 is 0. The minimum Gasteiger partial charge on any atom is -0.347 e. The maximum Gasteiger partial charge on any atom is 0.251 e. The average molecular weight is 388 g/mol. The summed E-state index contributed by atoms with van der Waals surface area (Å²) in [6.07, 6.45) is 5.29. The Morgan fingerprint density at radius 1 is 1.07 bits per heavy atom. The molecule has 2 aliphatic heterocycles. The second kappa shape index (κ2) is 7.82. The van der Waals surface area contributed by atoms with E-state index in [4.69, 9.17) is 10.5 Å². The summed E-state index contributed by atoms with van der Waals surface area (Å²) in [4.78, 5) is 15.5. The molecule has 1 aromatic rings. The van der Waals surface area contributed by atoms with Crippen LogP contribution in [0.15, 0.2) is 29.2 Å². The fraction of sp³-hybridized carbons (Fsp3) is 0.471. The third-order valence-electron chi connectivity index (χ3n) is 4.72. The number of carbonyl (C=O) groups excluding carboxylic acids is 1. The van der Waals surface area contributed by atoms with Crippen molar-refractivity contribution in [2.45, 2.75) is 29.8 Å². The highest BCUT2D eigenvalue weighted by atomic mass is 32.2. The number of nitrogens with zero attached hydrogens (tertiary/aromatic N) is 4. The average Bonchev–Trinajstić information content (AvgIpc) is 3.30. The summed E-state index contributed by atoms with van der Waals surface area (Å²) in [5.74, 6) is -0.367. The van der Waals surface area contributed by atoms with Gasteiger partial charge >= 0.3 is 0 Å². The lowest BCUT2D eigenvalue weighted by Crippen LogP contribution is -2.37. The van der Waals surface area contributed by atoms with Crippen LogP contribution in [-0.4, -0.2) is 62.4 Å². The van der Waals surface area contributed by atoms with Gasteiger partial charge in [-0.05, 0) is 31.0 Å². The molecule has 2 aliphatic rings. The van der Waals surface area contributed by atoms with E-state index in [1.807, 2.05) is 12.4 Å². The van der Waals surface area contributed by atoms with Gasteiger partial charge in [-0.25, -0.2) is 13.1 Å². The second-order valence-corrected chi connectivity index (χ2v) is 8.40. The van der Waals surface area contributed by atoms with Crippen molar-refractivity contribution >= 4 is 15.9 Å². The van der Waals surface area contributed by atoms with Gasteiger partial charge in [-0.2, -0.15) is 10.5 Å². The molecule has 3 rings (SSSR count). The third-order valence-corrected chi connectivity index (χ3v) is 6.24. The molecule has 142 valence electrons. The van der Waals surface area contributed by atoms with E-state index in [0.717, 1.165) is 0 Å². The molecule has 0 bridgehead atoms. The number of benzene rings is 1. The summed E-state index contributed by atoms with van der Waals surface area (Å²) in [7, 11) is -3.79. The zero-order valence-corrected chi connectivity index (χ0v) is 15.4. The summed E-state index contributed by atoms with van der Waals surface area (Å²) in [5, 5.41) is 20.6. The summed E-state index contributed by atoms with van der Waals surface area (Å²) in [6, 6.07) is 5.39. The highest BCUT2D eigenvalue weighted by molar-refractivity contribution is 7.89. The quantitative estimate of drug-likeness (QED) is 0.669. The van der Waals surface area contributed by atoms with Crippen LogP contribution in [-0.2, 0) is 10.0 Å². The Hall–Kier alpha value is -2.82. The lowest BCUT2D eigenvalue weighted by molar-refractivity contribution is 0.0938. The molecule has 0 saturated carbocycles. The van der Waals surface area contributed by atoms with Crippen LogP contribution in [0.25, 0.3) is 0 Å². The first kappa shape index (κ1) is 19.0. The van der Waals surface area contributed by atoms with Gasteiger partial charge in [-0.1, -0.05) is 6.07 Å². The van der Waals surface area contributed by atoms with E-state index in [1.165, 1.54) is 23.1 Å². The molecule has 9 nitrogen and oxygen atoms in total. The van der Waals surface area contributed by atoms with Crippen molar-refractivity contribution < 1.29 is 13.2 Å². The summed E-state index contributed by atoms with van der Waals surface area (Å²) < 4.78 is 27.8. The first-order chi connectivity index (χ1) is 12.9. The molecule has 2 atom stereocenters. The fourth-order valence-corrected chi connectivity index (χ4v) is 4.58. The first-order valence-electron chi connectivity index (χ1n) is 8.64. The Labute approximate surface area is 158 Å². The van der Waals surface area contributed by atoms with E-state index in [9.17, 15) is 13.2 Å². The highest BCUT2D eigenvalue weighted by Crippen LogP contribution is 2.16. The van der Waals surface area contributed by atoms with E-state index >= 15 is 0 Å². The second-order valence-electron chi connectivity index (χ2n) is 6.69. The standard InChI is InChI=1S/C17H20N6O3S/c18-11-22-6-4-14(9-22)20-17(24)13-2-1-3-16(8-13)27(25,26)21-15-5-7-23(10-15)12-19/h1-3,8,14-15,21H,4-7,9-10H2,(H,20,24)/t14-,15-/m1/s1. The summed E-state index contributed by atoms with van der Waals surface area (Å²) in [6.45, 7) is 1.92. The smallest absolute Gasteiger partial charge is 0.251 e. The molecule has 27 heavy (non-hydrogen) atoms. The number of amides is 1. The first-order valence-corrected chi connectivity index (χ1v) is 10.1. The van der Waals surface area contributed by atoms with Crippen molar-refractivity contribution in [3.8, 4) is 12.4 Å². The number of nitriles is 2. The minimum atomic E-state index is -3.79. The van der Waals surface area contributed by atoms with Gasteiger partial charge in [0, 0.05) is 43.8 Å². The molecule has 2 heterocycles. The lowest BCUT2D eigenvalue weighted by atomic mass is 10.2. The zero-order valence-electron chi connectivity index (χ0n) is 14.6. The molecule has 1 aromatic carbocycles. The van der Waals surface area contributed by atoms with Crippen LogP contribution in [0.2, 0.25) is 0 Å². The molecule has 2 saturated heterocycles. The van der Waals surface area contributed by atoms with Crippen molar-refractivity contribution in [3.63, 3.8) is 0 Å². The Balaban J connectivity index is 1.67. The molecule has 0 unspecified atom stereocenters. The number of carbonyl (C=O) groups is 1. The van der Waals surface area contributed by atoms with Gasteiger partial charge in [0.25, 0.3) is 5.91 Å². The molecule has 0 aromatic heterocycles. The molecule has 0 radical (unpaired) electrons. The van der Waals surface area contributed by atoms with Gasteiger partial charge in [-0.3, -0.25) is 4.79 Å². The predicted molar refractivity (Wildman–Crippen MR) is 95.4 cm³/mol. The van der Waals surface area contributed by atoms with Crippen LogP contribution in [0.5, 0.6) is 0 Å². The Kier molecular flexibility index (Phi) is 5.49. The largest absolute Gasteiger partial charge is 0.347 e. The number of nitrogens with one attached hydrogen (secondary N) is 2. The van der Waals surface area contributed by atoms with Crippen LogP contribution in [0.3, 0.4) is 0 Å².